The molecule has 5 nitrogen and oxygen atoms in total. The van der Waals surface area contributed by atoms with E-state index in [1.807, 2.05) is 0 Å². The highest BCUT2D eigenvalue weighted by atomic mass is 35.5. The Kier molecular flexibility index (Phi) is 6.02. The zero-order valence-corrected chi connectivity index (χ0v) is 15.4. The summed E-state index contributed by atoms with van der Waals surface area (Å²) >= 11 is 8.05. The van der Waals surface area contributed by atoms with Gasteiger partial charge in [0.25, 0.3) is 0 Å². The molecule has 26 heavy (non-hydrogen) atoms. The fraction of sp³-hybridized carbons (Fsp3) is 0.0625. The zero-order valence-electron chi connectivity index (χ0n) is 13.0. The van der Waals surface area contributed by atoms with Gasteiger partial charge in [-0.15, -0.1) is 10.2 Å². The molecule has 0 bridgehead atoms. The number of amides is 1. The summed E-state index contributed by atoms with van der Waals surface area (Å²) in [5, 5.41) is 13.7. The molecule has 10 heteroatoms. The van der Waals surface area contributed by atoms with Crippen LogP contribution in [0.1, 0.15) is 0 Å². The van der Waals surface area contributed by atoms with Gasteiger partial charge in [0, 0.05) is 5.69 Å². The summed E-state index contributed by atoms with van der Waals surface area (Å²) < 4.78 is 27.2. The fourth-order valence-electron chi connectivity index (χ4n) is 1.89. The van der Waals surface area contributed by atoms with Crippen molar-refractivity contribution in [2.24, 2.45) is 0 Å². The Balaban J connectivity index is 1.53. The molecule has 0 aliphatic rings. The van der Waals surface area contributed by atoms with Gasteiger partial charge in [-0.25, -0.2) is 8.78 Å². The number of hydrogen-bond donors (Lipinski definition) is 2. The first-order chi connectivity index (χ1) is 12.5. The summed E-state index contributed by atoms with van der Waals surface area (Å²) in [6, 6.07) is 10.2. The fourth-order valence-corrected chi connectivity index (χ4v) is 3.64. The largest absolute Gasteiger partial charge is 0.328 e. The van der Waals surface area contributed by atoms with Crippen molar-refractivity contribution < 1.29 is 13.6 Å². The van der Waals surface area contributed by atoms with Gasteiger partial charge in [-0.3, -0.25) is 4.79 Å². The number of halogens is 3. The molecule has 0 aliphatic carbocycles. The number of anilines is 3. The summed E-state index contributed by atoms with van der Waals surface area (Å²) in [7, 11) is 0. The summed E-state index contributed by atoms with van der Waals surface area (Å²) in [6.45, 7) is 0. The summed E-state index contributed by atoms with van der Waals surface area (Å²) in [6.07, 6.45) is 0. The smallest absolute Gasteiger partial charge is 0.234 e. The van der Waals surface area contributed by atoms with E-state index in [0.717, 1.165) is 0 Å². The van der Waals surface area contributed by atoms with E-state index in [4.69, 9.17) is 11.6 Å². The lowest BCUT2D eigenvalue weighted by atomic mass is 10.3. The predicted octanol–water partition coefficient (Wildman–Crippen LogP) is 4.94. The summed E-state index contributed by atoms with van der Waals surface area (Å²) in [5.74, 6) is -1.16. The van der Waals surface area contributed by atoms with Gasteiger partial charge in [0.15, 0.2) is 4.34 Å². The van der Waals surface area contributed by atoms with E-state index in [-0.39, 0.29) is 16.7 Å². The average Bonchev–Trinajstić information content (AvgIpc) is 3.06. The molecule has 1 aromatic heterocycles. The maximum atomic E-state index is 13.6. The van der Waals surface area contributed by atoms with Gasteiger partial charge in [0.05, 0.1) is 16.5 Å². The molecule has 2 aromatic carbocycles. The Hall–Kier alpha value is -2.23. The van der Waals surface area contributed by atoms with Crippen LogP contribution in [0.15, 0.2) is 46.8 Å². The normalized spacial score (nSPS) is 10.6. The van der Waals surface area contributed by atoms with E-state index in [1.165, 1.54) is 47.4 Å². The van der Waals surface area contributed by atoms with Crippen LogP contribution in [0.2, 0.25) is 5.02 Å². The van der Waals surface area contributed by atoms with Crippen LogP contribution in [-0.2, 0) is 4.79 Å². The molecular weight excluding hydrogens is 402 g/mol. The third kappa shape index (κ3) is 4.90. The third-order valence-electron chi connectivity index (χ3n) is 3.05. The van der Waals surface area contributed by atoms with Crippen molar-refractivity contribution in [3.8, 4) is 0 Å². The lowest BCUT2D eigenvalue weighted by Crippen LogP contribution is -2.13. The molecule has 134 valence electrons. The SMILES string of the molecule is O=C(CSc1nnc(Nc2ccccc2F)s1)Nc1ccc(F)c(Cl)c1. The highest BCUT2D eigenvalue weighted by Gasteiger charge is 2.10. The maximum absolute atomic E-state index is 13.6. The molecule has 0 saturated heterocycles. The molecule has 1 heterocycles. The molecule has 0 radical (unpaired) electrons. The molecule has 0 spiro atoms. The van der Waals surface area contributed by atoms with Gasteiger partial charge in [-0.05, 0) is 30.3 Å². The standard InChI is InChI=1S/C16H11ClF2N4OS2/c17-10-7-9(5-6-11(10)18)20-14(24)8-25-16-23-22-15(26-16)21-13-4-2-1-3-12(13)19/h1-7H,8H2,(H,20,24)(H,21,22). The first-order valence-electron chi connectivity index (χ1n) is 7.24. The lowest BCUT2D eigenvalue weighted by Gasteiger charge is -2.05. The molecule has 3 aromatic rings. The molecule has 0 atom stereocenters. The zero-order chi connectivity index (χ0) is 18.5. The van der Waals surface area contributed by atoms with Gasteiger partial charge in [0.1, 0.15) is 11.6 Å². The van der Waals surface area contributed by atoms with Crippen LogP contribution in [0, 0.1) is 11.6 Å². The molecule has 0 fully saturated rings. The van der Waals surface area contributed by atoms with Gasteiger partial charge in [-0.2, -0.15) is 0 Å². The second-order valence-corrected chi connectivity index (χ2v) is 7.55. The Morgan fingerprint density at radius 3 is 2.73 bits per heavy atom. The number of rotatable bonds is 6. The number of nitrogens with one attached hydrogen (secondary N) is 2. The monoisotopic (exact) mass is 412 g/mol. The number of benzene rings is 2. The highest BCUT2D eigenvalue weighted by molar-refractivity contribution is 8.01. The summed E-state index contributed by atoms with van der Waals surface area (Å²) in [4.78, 5) is 11.9. The lowest BCUT2D eigenvalue weighted by molar-refractivity contribution is -0.113. The van der Waals surface area contributed by atoms with E-state index in [0.29, 0.717) is 20.8 Å². The van der Waals surface area contributed by atoms with E-state index in [1.54, 1.807) is 18.2 Å². The van der Waals surface area contributed by atoms with E-state index < -0.39 is 11.6 Å². The van der Waals surface area contributed by atoms with Crippen LogP contribution in [0.25, 0.3) is 0 Å². The molecular formula is C16H11ClF2N4OS2. The molecule has 0 aliphatic heterocycles. The van der Waals surface area contributed by atoms with Crippen LogP contribution in [0.5, 0.6) is 0 Å². The Morgan fingerprint density at radius 1 is 1.15 bits per heavy atom. The summed E-state index contributed by atoms with van der Waals surface area (Å²) in [5.41, 5.74) is 0.701. The van der Waals surface area contributed by atoms with Gasteiger partial charge < -0.3 is 10.6 Å². The van der Waals surface area contributed by atoms with Crippen molar-refractivity contribution in [1.82, 2.24) is 10.2 Å². The van der Waals surface area contributed by atoms with E-state index in [2.05, 4.69) is 20.8 Å². The topological polar surface area (TPSA) is 66.9 Å². The van der Waals surface area contributed by atoms with Crippen molar-refractivity contribution in [2.45, 2.75) is 4.34 Å². The van der Waals surface area contributed by atoms with Crippen LogP contribution in [-0.4, -0.2) is 21.9 Å². The highest BCUT2D eigenvalue weighted by Crippen LogP contribution is 2.28. The van der Waals surface area contributed by atoms with Crippen LogP contribution in [0.4, 0.5) is 25.3 Å². The van der Waals surface area contributed by atoms with Gasteiger partial charge in [0.2, 0.25) is 11.0 Å². The van der Waals surface area contributed by atoms with Crippen molar-refractivity contribution in [1.29, 1.82) is 0 Å². The van der Waals surface area contributed by atoms with Crippen molar-refractivity contribution in [3.05, 3.63) is 59.1 Å². The number of carbonyl (C=O) groups is 1. The predicted molar refractivity (Wildman–Crippen MR) is 100 cm³/mol. The van der Waals surface area contributed by atoms with Gasteiger partial charge in [-0.1, -0.05) is 46.8 Å². The first kappa shape index (κ1) is 18.6. The van der Waals surface area contributed by atoms with E-state index >= 15 is 0 Å². The van der Waals surface area contributed by atoms with Crippen LogP contribution < -0.4 is 10.6 Å². The Labute approximate surface area is 160 Å². The van der Waals surface area contributed by atoms with Crippen LogP contribution >= 0.6 is 34.7 Å². The molecule has 0 saturated carbocycles. The second kappa shape index (κ2) is 8.43. The van der Waals surface area contributed by atoms with Crippen molar-refractivity contribution in [2.75, 3.05) is 16.4 Å². The third-order valence-corrected chi connectivity index (χ3v) is 5.31. The maximum Gasteiger partial charge on any atom is 0.234 e. The quantitative estimate of drug-likeness (QED) is 0.561. The Morgan fingerprint density at radius 2 is 1.96 bits per heavy atom. The number of nitrogens with zero attached hydrogens (tertiary/aromatic N) is 2. The number of carbonyl (C=O) groups excluding carboxylic acids is 1. The second-order valence-electron chi connectivity index (χ2n) is 4.94. The first-order valence-corrected chi connectivity index (χ1v) is 9.42. The number of thioether (sulfide) groups is 1. The molecule has 0 unspecified atom stereocenters. The molecule has 2 N–H and O–H groups in total. The number of para-hydroxylation sites is 1. The minimum atomic E-state index is -0.553. The Bertz CT molecular complexity index is 938. The number of aromatic nitrogens is 2. The van der Waals surface area contributed by atoms with E-state index in [9.17, 15) is 13.6 Å². The minimum absolute atomic E-state index is 0.0663. The van der Waals surface area contributed by atoms with Crippen LogP contribution in [0.3, 0.4) is 0 Å². The molecule has 3 rings (SSSR count). The average molecular weight is 413 g/mol. The minimum Gasteiger partial charge on any atom is -0.328 e. The van der Waals surface area contributed by atoms with Crippen molar-refractivity contribution in [3.63, 3.8) is 0 Å². The number of hydrogen-bond acceptors (Lipinski definition) is 6. The van der Waals surface area contributed by atoms with Crippen molar-refractivity contribution >= 4 is 57.1 Å². The van der Waals surface area contributed by atoms with Gasteiger partial charge >= 0.3 is 0 Å². The molecule has 1 amide bonds.